The molecule has 3 heteroatoms. The minimum Gasteiger partial charge on any atom is -0.328 e. The molecule has 0 saturated carbocycles. The Morgan fingerprint density at radius 3 is 2.67 bits per heavy atom. The van der Waals surface area contributed by atoms with Gasteiger partial charge in [-0.05, 0) is 71.8 Å². The van der Waals surface area contributed by atoms with Crippen LogP contribution in [0.2, 0.25) is 0 Å². The van der Waals surface area contributed by atoms with Crippen LogP contribution in [0.15, 0.2) is 0 Å². The molecule has 1 aliphatic heterocycles. The van der Waals surface area contributed by atoms with Gasteiger partial charge in [-0.25, -0.2) is 0 Å². The van der Waals surface area contributed by atoms with E-state index in [9.17, 15) is 0 Å². The number of nitrogens with zero attached hydrogens (tertiary/aromatic N) is 1. The van der Waals surface area contributed by atoms with Gasteiger partial charge in [0.2, 0.25) is 0 Å². The number of rotatable bonds is 6. The number of hydrogen-bond donors (Lipinski definition) is 2. The number of nitrogens with two attached hydrogens (primary N) is 1. The lowest BCUT2D eigenvalue weighted by Crippen LogP contribution is -2.35. The normalized spacial score (nSPS) is 21.8. The molecule has 0 spiro atoms. The summed E-state index contributed by atoms with van der Waals surface area (Å²) in [7, 11) is 2.21. The van der Waals surface area contributed by atoms with Crippen LogP contribution >= 0.6 is 0 Å². The summed E-state index contributed by atoms with van der Waals surface area (Å²) in [5.74, 6) is 0.900. The quantitative estimate of drug-likeness (QED) is 0.648. The maximum Gasteiger partial charge on any atom is 0.00109 e. The monoisotopic (exact) mass is 213 g/mol. The smallest absolute Gasteiger partial charge is 0.00109 e. The molecule has 3 N–H and O–H groups in total. The van der Waals surface area contributed by atoms with Crippen LogP contribution in [0.1, 0.15) is 32.6 Å². The highest BCUT2D eigenvalue weighted by atomic mass is 15.1. The summed E-state index contributed by atoms with van der Waals surface area (Å²) in [6.07, 6.45) is 5.07. The molecule has 1 aliphatic rings. The Balaban J connectivity index is 1.91. The number of likely N-dealkylation sites (tertiary alicyclic amines) is 1. The van der Waals surface area contributed by atoms with E-state index in [-0.39, 0.29) is 0 Å². The van der Waals surface area contributed by atoms with Crippen molar-refractivity contribution in [3.63, 3.8) is 0 Å². The van der Waals surface area contributed by atoms with E-state index in [1.807, 2.05) is 0 Å². The maximum absolute atomic E-state index is 5.70. The Morgan fingerprint density at radius 1 is 1.40 bits per heavy atom. The van der Waals surface area contributed by atoms with Crippen LogP contribution in [-0.2, 0) is 0 Å². The average molecular weight is 213 g/mol. The SMILES string of the molecule is CC(N)CCCNCC1CCN(C)CC1. The van der Waals surface area contributed by atoms with E-state index in [1.165, 1.54) is 38.9 Å². The van der Waals surface area contributed by atoms with E-state index in [2.05, 4.69) is 24.2 Å². The zero-order chi connectivity index (χ0) is 11.1. The van der Waals surface area contributed by atoms with E-state index in [0.29, 0.717) is 6.04 Å². The van der Waals surface area contributed by atoms with Crippen molar-refractivity contribution >= 4 is 0 Å². The molecule has 1 saturated heterocycles. The molecular formula is C12H27N3. The van der Waals surface area contributed by atoms with Crippen LogP contribution in [-0.4, -0.2) is 44.2 Å². The first-order chi connectivity index (χ1) is 7.18. The fourth-order valence-corrected chi connectivity index (χ4v) is 2.12. The van der Waals surface area contributed by atoms with Crippen molar-refractivity contribution in [2.45, 2.75) is 38.6 Å². The molecule has 15 heavy (non-hydrogen) atoms. The molecule has 1 unspecified atom stereocenters. The lowest BCUT2D eigenvalue weighted by Gasteiger charge is -2.29. The van der Waals surface area contributed by atoms with Crippen molar-refractivity contribution < 1.29 is 0 Å². The fourth-order valence-electron chi connectivity index (χ4n) is 2.12. The van der Waals surface area contributed by atoms with E-state index in [0.717, 1.165) is 18.9 Å². The van der Waals surface area contributed by atoms with Crippen molar-refractivity contribution in [1.82, 2.24) is 10.2 Å². The largest absolute Gasteiger partial charge is 0.328 e. The number of piperidine rings is 1. The van der Waals surface area contributed by atoms with Gasteiger partial charge in [-0.3, -0.25) is 0 Å². The predicted octanol–water partition coefficient (Wildman–Crippen LogP) is 1.05. The van der Waals surface area contributed by atoms with Crippen molar-refractivity contribution in [1.29, 1.82) is 0 Å². The summed E-state index contributed by atoms with van der Waals surface area (Å²) in [5, 5.41) is 3.55. The molecule has 1 atom stereocenters. The summed E-state index contributed by atoms with van der Waals surface area (Å²) in [4.78, 5) is 2.42. The van der Waals surface area contributed by atoms with Crippen LogP contribution in [0.4, 0.5) is 0 Å². The molecular weight excluding hydrogens is 186 g/mol. The lowest BCUT2D eigenvalue weighted by atomic mass is 9.97. The van der Waals surface area contributed by atoms with Gasteiger partial charge >= 0.3 is 0 Å². The van der Waals surface area contributed by atoms with E-state index in [1.54, 1.807) is 0 Å². The van der Waals surface area contributed by atoms with Gasteiger partial charge in [0.25, 0.3) is 0 Å². The zero-order valence-corrected chi connectivity index (χ0v) is 10.3. The highest BCUT2D eigenvalue weighted by Crippen LogP contribution is 2.14. The molecule has 0 aliphatic carbocycles. The van der Waals surface area contributed by atoms with Crippen LogP contribution in [0.5, 0.6) is 0 Å². The Bertz CT molecular complexity index is 151. The van der Waals surface area contributed by atoms with Crippen LogP contribution in [0.3, 0.4) is 0 Å². The lowest BCUT2D eigenvalue weighted by molar-refractivity contribution is 0.216. The standard InChI is InChI=1S/C12H27N3/c1-11(13)4-3-7-14-10-12-5-8-15(2)9-6-12/h11-12,14H,3-10,13H2,1-2H3. The minimum atomic E-state index is 0.357. The molecule has 1 rings (SSSR count). The molecule has 1 heterocycles. The molecule has 0 aromatic carbocycles. The second kappa shape index (κ2) is 7.20. The molecule has 0 radical (unpaired) electrons. The second-order valence-corrected chi connectivity index (χ2v) is 5.07. The van der Waals surface area contributed by atoms with Crippen molar-refractivity contribution in [2.24, 2.45) is 11.7 Å². The summed E-state index contributed by atoms with van der Waals surface area (Å²) >= 11 is 0. The van der Waals surface area contributed by atoms with Gasteiger partial charge < -0.3 is 16.0 Å². The van der Waals surface area contributed by atoms with Crippen molar-refractivity contribution in [2.75, 3.05) is 33.2 Å². The third-order valence-corrected chi connectivity index (χ3v) is 3.28. The molecule has 0 amide bonds. The molecule has 0 aromatic heterocycles. The molecule has 1 fully saturated rings. The predicted molar refractivity (Wildman–Crippen MR) is 66.0 cm³/mol. The third-order valence-electron chi connectivity index (χ3n) is 3.28. The first-order valence-electron chi connectivity index (χ1n) is 6.33. The molecule has 0 aromatic rings. The van der Waals surface area contributed by atoms with Crippen LogP contribution < -0.4 is 11.1 Å². The zero-order valence-electron chi connectivity index (χ0n) is 10.3. The fraction of sp³-hybridized carbons (Fsp3) is 1.00. The van der Waals surface area contributed by atoms with Gasteiger partial charge in [-0.15, -0.1) is 0 Å². The third kappa shape index (κ3) is 6.13. The number of hydrogen-bond acceptors (Lipinski definition) is 3. The Kier molecular flexibility index (Phi) is 6.22. The van der Waals surface area contributed by atoms with E-state index in [4.69, 9.17) is 5.73 Å². The first kappa shape index (κ1) is 12.9. The summed E-state index contributed by atoms with van der Waals surface area (Å²) in [6, 6.07) is 0.357. The number of nitrogens with one attached hydrogen (secondary N) is 1. The summed E-state index contributed by atoms with van der Waals surface area (Å²) in [6.45, 7) is 6.95. The summed E-state index contributed by atoms with van der Waals surface area (Å²) in [5.41, 5.74) is 5.70. The minimum absolute atomic E-state index is 0.357. The molecule has 0 bridgehead atoms. The van der Waals surface area contributed by atoms with Gasteiger partial charge in [-0.1, -0.05) is 0 Å². The highest BCUT2D eigenvalue weighted by molar-refractivity contribution is 4.71. The Labute approximate surface area is 94.4 Å². The highest BCUT2D eigenvalue weighted by Gasteiger charge is 2.15. The van der Waals surface area contributed by atoms with E-state index >= 15 is 0 Å². The van der Waals surface area contributed by atoms with Gasteiger partial charge in [0.1, 0.15) is 0 Å². The van der Waals surface area contributed by atoms with Crippen LogP contribution in [0, 0.1) is 5.92 Å². The first-order valence-corrected chi connectivity index (χ1v) is 6.33. The topological polar surface area (TPSA) is 41.3 Å². The van der Waals surface area contributed by atoms with Gasteiger partial charge in [0.15, 0.2) is 0 Å². The van der Waals surface area contributed by atoms with Gasteiger partial charge in [0.05, 0.1) is 0 Å². The van der Waals surface area contributed by atoms with Crippen molar-refractivity contribution in [3.05, 3.63) is 0 Å². The maximum atomic E-state index is 5.70. The molecule has 90 valence electrons. The van der Waals surface area contributed by atoms with Gasteiger partial charge in [0, 0.05) is 6.04 Å². The van der Waals surface area contributed by atoms with Gasteiger partial charge in [-0.2, -0.15) is 0 Å². The van der Waals surface area contributed by atoms with Crippen molar-refractivity contribution in [3.8, 4) is 0 Å². The second-order valence-electron chi connectivity index (χ2n) is 5.07. The van der Waals surface area contributed by atoms with E-state index < -0.39 is 0 Å². The molecule has 3 nitrogen and oxygen atoms in total. The summed E-state index contributed by atoms with van der Waals surface area (Å²) < 4.78 is 0. The van der Waals surface area contributed by atoms with Crippen LogP contribution in [0.25, 0.3) is 0 Å². The Hall–Kier alpha value is -0.120. The average Bonchev–Trinajstić information content (AvgIpc) is 2.20. The Morgan fingerprint density at radius 2 is 2.07 bits per heavy atom.